The van der Waals surface area contributed by atoms with Crippen LogP contribution in [-0.4, -0.2) is 52.7 Å². The first kappa shape index (κ1) is 32.8. The van der Waals surface area contributed by atoms with E-state index in [1.165, 1.54) is 77.4 Å². The van der Waals surface area contributed by atoms with Gasteiger partial charge < -0.3 is 14.8 Å². The molecule has 1 aromatic heterocycles. The third-order valence-electron chi connectivity index (χ3n) is 7.90. The van der Waals surface area contributed by atoms with Gasteiger partial charge in [0.2, 0.25) is 17.7 Å². The second-order valence-corrected chi connectivity index (χ2v) is 13.0. The van der Waals surface area contributed by atoms with E-state index in [-0.39, 0.29) is 31.0 Å². The van der Waals surface area contributed by atoms with Crippen LogP contribution in [0, 0.1) is 11.7 Å². The number of thioether (sulfide) groups is 1. The molecule has 2 unspecified atom stereocenters. The fourth-order valence-corrected chi connectivity index (χ4v) is 8.52. The average Bonchev–Trinajstić information content (AvgIpc) is 3.52. The van der Waals surface area contributed by atoms with Crippen LogP contribution >= 0.6 is 23.1 Å². The summed E-state index contributed by atoms with van der Waals surface area (Å²) in [5.41, 5.74) is 1.77. The number of rotatable bonds is 9. The van der Waals surface area contributed by atoms with Crippen molar-refractivity contribution in [2.24, 2.45) is 5.92 Å². The molecule has 11 nitrogen and oxygen atoms in total. The highest BCUT2D eigenvalue weighted by atomic mass is 32.2. The Labute approximate surface area is 281 Å². The number of carbonyl (C=O) groups is 5. The van der Waals surface area contributed by atoms with E-state index in [1.54, 1.807) is 13.8 Å². The molecule has 2 aliphatic rings. The maximum Gasteiger partial charge on any atom is 0.338 e. The van der Waals surface area contributed by atoms with Crippen LogP contribution in [0.4, 0.5) is 15.8 Å². The molecule has 0 bridgehead atoms. The quantitative estimate of drug-likeness (QED) is 0.193. The number of anilines is 2. The predicted molar refractivity (Wildman–Crippen MR) is 176 cm³/mol. The molecule has 246 valence electrons. The van der Waals surface area contributed by atoms with Crippen molar-refractivity contribution in [2.45, 2.75) is 36.6 Å². The van der Waals surface area contributed by atoms with Gasteiger partial charge in [0.15, 0.2) is 0 Å². The fraction of sp³-hybridized carbons (Fsp3) is 0.235. The van der Waals surface area contributed by atoms with Gasteiger partial charge in [0.1, 0.15) is 17.6 Å². The van der Waals surface area contributed by atoms with Gasteiger partial charge in [-0.05, 0) is 80.1 Å². The number of hydrogen-bond acceptors (Lipinski definition) is 10. The number of amides is 3. The highest BCUT2D eigenvalue weighted by Gasteiger charge is 2.56. The molecule has 0 spiro atoms. The molecule has 3 atom stereocenters. The van der Waals surface area contributed by atoms with Crippen LogP contribution in [0.25, 0.3) is 0 Å². The standard InChI is InChI=1S/C34H28FN3O8S2/c1-3-45-32(42)19-7-13-22(14-8-19)36-24(39)17-37-31-28(48-34(37)44)25(18-5-11-21(35)12-6-18)26-27(47-31)30(41)38(29(26)40)23-15-9-20(10-16-23)33(43)46-4-2/h5-16,25-27H,3-4,17H2,1-2H3,(H,36,39)/t25-,26?,27?/m0/s1. The van der Waals surface area contributed by atoms with E-state index >= 15 is 0 Å². The summed E-state index contributed by atoms with van der Waals surface area (Å²) < 4.78 is 25.3. The lowest BCUT2D eigenvalue weighted by atomic mass is 9.83. The van der Waals surface area contributed by atoms with Crippen molar-refractivity contribution >= 4 is 64.1 Å². The molecule has 2 aliphatic heterocycles. The van der Waals surface area contributed by atoms with E-state index in [4.69, 9.17) is 9.47 Å². The second kappa shape index (κ2) is 13.6. The normalized spacial score (nSPS) is 18.2. The zero-order valence-corrected chi connectivity index (χ0v) is 27.3. The summed E-state index contributed by atoms with van der Waals surface area (Å²) in [5.74, 6) is -4.78. The van der Waals surface area contributed by atoms with E-state index in [0.29, 0.717) is 26.7 Å². The number of aromatic nitrogens is 1. The maximum atomic E-state index is 14.1. The Hall–Kier alpha value is -5.08. The average molecular weight is 690 g/mol. The Kier molecular flexibility index (Phi) is 9.29. The number of nitrogens with one attached hydrogen (secondary N) is 1. The van der Waals surface area contributed by atoms with Crippen LogP contribution in [0.3, 0.4) is 0 Å². The van der Waals surface area contributed by atoms with Crippen molar-refractivity contribution in [3.63, 3.8) is 0 Å². The number of esters is 2. The van der Waals surface area contributed by atoms with Crippen molar-refractivity contribution in [1.29, 1.82) is 0 Å². The van der Waals surface area contributed by atoms with E-state index in [2.05, 4.69) is 5.32 Å². The van der Waals surface area contributed by atoms with Gasteiger partial charge in [-0.15, -0.1) is 0 Å². The number of benzene rings is 3. The fourth-order valence-electron chi connectivity index (χ4n) is 5.75. The molecule has 6 rings (SSSR count). The zero-order valence-electron chi connectivity index (χ0n) is 25.6. The lowest BCUT2D eigenvalue weighted by Gasteiger charge is -2.30. The number of ether oxygens (including phenoxy) is 2. The Morgan fingerprint density at radius 1 is 0.812 bits per heavy atom. The third kappa shape index (κ3) is 6.16. The molecule has 3 heterocycles. The molecule has 4 aromatic rings. The van der Waals surface area contributed by atoms with Crippen molar-refractivity contribution in [3.8, 4) is 0 Å². The number of imide groups is 1. The molecule has 14 heteroatoms. The number of nitrogens with zero attached hydrogens (tertiary/aromatic N) is 2. The number of fused-ring (bicyclic) bond motifs is 2. The summed E-state index contributed by atoms with van der Waals surface area (Å²) in [4.78, 5) is 79.7. The Bertz CT molecular complexity index is 1970. The van der Waals surface area contributed by atoms with Crippen molar-refractivity contribution in [1.82, 2.24) is 4.57 Å². The number of thiazole rings is 1. The van der Waals surface area contributed by atoms with Gasteiger partial charge in [-0.1, -0.05) is 35.2 Å². The van der Waals surface area contributed by atoms with Crippen LogP contribution in [-0.2, 0) is 30.4 Å². The first-order valence-electron chi connectivity index (χ1n) is 15.0. The summed E-state index contributed by atoms with van der Waals surface area (Å²) in [5, 5.41) is 2.13. The molecule has 1 fully saturated rings. The topological polar surface area (TPSA) is 141 Å². The summed E-state index contributed by atoms with van der Waals surface area (Å²) in [6.45, 7) is 3.41. The largest absolute Gasteiger partial charge is 0.462 e. The van der Waals surface area contributed by atoms with Crippen LogP contribution in [0.5, 0.6) is 0 Å². The summed E-state index contributed by atoms with van der Waals surface area (Å²) in [6, 6.07) is 17.6. The summed E-state index contributed by atoms with van der Waals surface area (Å²) in [6.07, 6.45) is 0. The molecule has 1 saturated heterocycles. The van der Waals surface area contributed by atoms with Gasteiger partial charge in [-0.2, -0.15) is 0 Å². The van der Waals surface area contributed by atoms with Crippen LogP contribution in [0.15, 0.2) is 82.6 Å². The minimum absolute atomic E-state index is 0.191. The minimum Gasteiger partial charge on any atom is -0.462 e. The second-order valence-electron chi connectivity index (χ2n) is 10.8. The summed E-state index contributed by atoms with van der Waals surface area (Å²) in [7, 11) is 0. The lowest BCUT2D eigenvalue weighted by Crippen LogP contribution is -2.33. The summed E-state index contributed by atoms with van der Waals surface area (Å²) >= 11 is 1.91. The van der Waals surface area contributed by atoms with Gasteiger partial charge in [-0.25, -0.2) is 18.9 Å². The van der Waals surface area contributed by atoms with Gasteiger partial charge in [0.25, 0.3) is 0 Å². The monoisotopic (exact) mass is 689 g/mol. The highest BCUT2D eigenvalue weighted by molar-refractivity contribution is 8.00. The first-order valence-corrected chi connectivity index (χ1v) is 16.7. The Morgan fingerprint density at radius 3 is 1.98 bits per heavy atom. The Balaban J connectivity index is 1.31. The zero-order chi connectivity index (χ0) is 34.1. The molecule has 48 heavy (non-hydrogen) atoms. The molecule has 1 N–H and O–H groups in total. The van der Waals surface area contributed by atoms with Crippen molar-refractivity contribution < 1.29 is 37.8 Å². The molecular weight excluding hydrogens is 662 g/mol. The molecule has 0 aliphatic carbocycles. The molecule has 0 saturated carbocycles. The van der Waals surface area contributed by atoms with E-state index in [9.17, 15) is 33.2 Å². The number of hydrogen-bond donors (Lipinski definition) is 1. The van der Waals surface area contributed by atoms with Gasteiger partial charge in [0.05, 0.1) is 41.0 Å². The molecule has 3 aromatic carbocycles. The van der Waals surface area contributed by atoms with Crippen LogP contribution in [0.1, 0.15) is 50.9 Å². The van der Waals surface area contributed by atoms with Crippen molar-refractivity contribution in [3.05, 3.63) is 110 Å². The molecule has 0 radical (unpaired) electrons. The predicted octanol–water partition coefficient (Wildman–Crippen LogP) is 4.84. The van der Waals surface area contributed by atoms with E-state index < -0.39 is 57.4 Å². The van der Waals surface area contributed by atoms with Crippen LogP contribution in [0.2, 0.25) is 0 Å². The van der Waals surface area contributed by atoms with Gasteiger partial charge >= 0.3 is 16.8 Å². The highest BCUT2D eigenvalue weighted by Crippen LogP contribution is 2.53. The van der Waals surface area contributed by atoms with Gasteiger partial charge in [-0.3, -0.25) is 23.7 Å². The first-order chi connectivity index (χ1) is 23.1. The van der Waals surface area contributed by atoms with Crippen LogP contribution < -0.4 is 15.1 Å². The smallest absolute Gasteiger partial charge is 0.338 e. The molecular formula is C34H28FN3O8S2. The van der Waals surface area contributed by atoms with E-state index in [1.807, 2.05) is 0 Å². The van der Waals surface area contributed by atoms with E-state index in [0.717, 1.165) is 28.0 Å². The molecule has 3 amide bonds. The van der Waals surface area contributed by atoms with Crippen molar-refractivity contribution in [2.75, 3.05) is 23.4 Å². The number of carbonyl (C=O) groups excluding carboxylic acids is 5. The Morgan fingerprint density at radius 2 is 1.40 bits per heavy atom. The number of halogens is 1. The maximum absolute atomic E-state index is 14.1. The minimum atomic E-state index is -0.955. The van der Waals surface area contributed by atoms with Gasteiger partial charge in [0, 0.05) is 16.5 Å². The third-order valence-corrected chi connectivity index (χ3v) is 10.5. The lowest BCUT2D eigenvalue weighted by molar-refractivity contribution is -0.122. The SMILES string of the molecule is CCOC(=O)c1ccc(NC(=O)Cn2c3c(sc2=O)[C@@H](c2ccc(F)cc2)C2C(=O)N(c4ccc(C(=O)OCC)cc4)C(=O)C2S3)cc1.